The minimum atomic E-state index is 0.463. The van der Waals surface area contributed by atoms with Crippen LogP contribution in [0.2, 0.25) is 0 Å². The van der Waals surface area contributed by atoms with Crippen LogP contribution < -0.4 is 0 Å². The molecule has 0 aliphatic rings. The fourth-order valence-corrected chi connectivity index (χ4v) is 8.77. The lowest BCUT2D eigenvalue weighted by molar-refractivity contribution is 0.869. The maximum absolute atomic E-state index is 2.41. The molecule has 0 N–H and O–H groups in total. The lowest BCUT2D eigenvalue weighted by atomic mass is 9.88. The third-order valence-corrected chi connectivity index (χ3v) is 11.2. The first-order chi connectivity index (χ1) is 23.5. The van der Waals surface area contributed by atoms with Gasteiger partial charge in [0.1, 0.15) is 0 Å². The Balaban J connectivity index is 1.15. The molecule has 230 valence electrons. The lowest BCUT2D eigenvalue weighted by Gasteiger charge is -2.16. The Morgan fingerprint density at radius 2 is 1.12 bits per heavy atom. The van der Waals surface area contributed by atoms with Gasteiger partial charge in [0, 0.05) is 36.6 Å². The van der Waals surface area contributed by atoms with Gasteiger partial charge in [-0.1, -0.05) is 123 Å². The highest BCUT2D eigenvalue weighted by Gasteiger charge is 2.16. The van der Waals surface area contributed by atoms with Crippen LogP contribution in [0.4, 0.5) is 0 Å². The topological polar surface area (TPSA) is 4.93 Å². The van der Waals surface area contributed by atoms with Crippen LogP contribution in [0.3, 0.4) is 0 Å². The van der Waals surface area contributed by atoms with Crippen molar-refractivity contribution in [2.24, 2.45) is 0 Å². The number of fused-ring (bicyclic) bond motifs is 6. The highest BCUT2D eigenvalue weighted by Crippen LogP contribution is 2.41. The number of para-hydroxylation sites is 1. The maximum atomic E-state index is 2.41. The van der Waals surface area contributed by atoms with Crippen molar-refractivity contribution in [3.05, 3.63) is 163 Å². The second kappa shape index (κ2) is 11.4. The summed E-state index contributed by atoms with van der Waals surface area (Å²) in [4.78, 5) is 0. The lowest BCUT2D eigenvalue weighted by Crippen LogP contribution is -1.94. The molecular formula is C46H35NS. The van der Waals surface area contributed by atoms with E-state index in [1.165, 1.54) is 92.2 Å². The zero-order valence-corrected chi connectivity index (χ0v) is 28.2. The molecular weight excluding hydrogens is 599 g/mol. The second-order valence-electron chi connectivity index (χ2n) is 13.2. The molecule has 2 heteroatoms. The molecule has 0 saturated carbocycles. The summed E-state index contributed by atoms with van der Waals surface area (Å²) in [5.41, 5.74) is 14.0. The van der Waals surface area contributed by atoms with Gasteiger partial charge in [0.15, 0.2) is 0 Å². The number of hydrogen-bond acceptors (Lipinski definition) is 1. The zero-order valence-electron chi connectivity index (χ0n) is 27.4. The van der Waals surface area contributed by atoms with Crippen LogP contribution in [-0.4, -0.2) is 4.57 Å². The van der Waals surface area contributed by atoms with Crippen molar-refractivity contribution in [2.75, 3.05) is 0 Å². The van der Waals surface area contributed by atoms with Crippen LogP contribution in [0.25, 0.3) is 81.0 Å². The summed E-state index contributed by atoms with van der Waals surface area (Å²) in [5.74, 6) is 0.463. The summed E-state index contributed by atoms with van der Waals surface area (Å²) in [6, 6.07) is 56.1. The maximum Gasteiger partial charge on any atom is 0.0541 e. The van der Waals surface area contributed by atoms with Crippen LogP contribution in [0.5, 0.6) is 0 Å². The monoisotopic (exact) mass is 633 g/mol. The predicted molar refractivity (Wildman–Crippen MR) is 209 cm³/mol. The van der Waals surface area contributed by atoms with Gasteiger partial charge in [-0.25, -0.2) is 0 Å². The van der Waals surface area contributed by atoms with Crippen LogP contribution >= 0.6 is 11.3 Å². The molecule has 0 spiro atoms. The Hall–Kier alpha value is -5.44. The van der Waals surface area contributed by atoms with Gasteiger partial charge < -0.3 is 4.57 Å². The summed E-state index contributed by atoms with van der Waals surface area (Å²) in [6.07, 6.45) is 0. The number of aromatic nitrogens is 1. The molecule has 0 unspecified atom stereocenters. The van der Waals surface area contributed by atoms with Gasteiger partial charge in [-0.3, -0.25) is 0 Å². The molecule has 0 bridgehead atoms. The van der Waals surface area contributed by atoms with E-state index in [1.807, 2.05) is 11.3 Å². The molecule has 2 aromatic heterocycles. The summed E-state index contributed by atoms with van der Waals surface area (Å²) in [7, 11) is 0. The summed E-state index contributed by atoms with van der Waals surface area (Å²) in [5, 5.41) is 5.21. The van der Waals surface area contributed by atoms with Crippen molar-refractivity contribution in [1.29, 1.82) is 0 Å². The Kier molecular flexibility index (Phi) is 6.81. The van der Waals surface area contributed by atoms with Gasteiger partial charge in [0.05, 0.1) is 11.0 Å². The molecule has 0 aliphatic carbocycles. The van der Waals surface area contributed by atoms with Gasteiger partial charge in [-0.15, -0.1) is 11.3 Å². The molecule has 1 nitrogen and oxygen atoms in total. The van der Waals surface area contributed by atoms with Crippen molar-refractivity contribution >= 4 is 53.3 Å². The molecule has 2 heterocycles. The van der Waals surface area contributed by atoms with Crippen LogP contribution in [0.1, 0.15) is 30.9 Å². The standard InChI is InChI=1S/C46H35NS/c1-29(2)35-11-4-5-12-37(35)41-27-32(20-19-30(41)3)33-23-26-44-42(28-33)38-13-6-8-17-43(38)47(44)34-24-21-31(22-25-34)36-15-10-16-40-39-14-7-9-18-45(39)48-46(36)40/h4-29H,1-3H3. The first-order valence-electron chi connectivity index (χ1n) is 16.8. The van der Waals surface area contributed by atoms with Crippen LogP contribution in [0.15, 0.2) is 152 Å². The molecule has 48 heavy (non-hydrogen) atoms. The average Bonchev–Trinajstić information content (AvgIpc) is 3.68. The summed E-state index contributed by atoms with van der Waals surface area (Å²) in [6.45, 7) is 6.78. The van der Waals surface area contributed by atoms with Gasteiger partial charge in [-0.2, -0.15) is 0 Å². The second-order valence-corrected chi connectivity index (χ2v) is 14.2. The van der Waals surface area contributed by atoms with Crippen LogP contribution in [0, 0.1) is 6.92 Å². The van der Waals surface area contributed by atoms with Crippen LogP contribution in [-0.2, 0) is 0 Å². The van der Waals surface area contributed by atoms with Crippen molar-refractivity contribution in [2.45, 2.75) is 26.7 Å². The Labute approximate surface area is 285 Å². The number of nitrogens with zero attached hydrogens (tertiary/aromatic N) is 1. The number of rotatable bonds is 5. The molecule has 9 rings (SSSR count). The fraction of sp³-hybridized carbons (Fsp3) is 0.0870. The van der Waals surface area contributed by atoms with E-state index >= 15 is 0 Å². The summed E-state index contributed by atoms with van der Waals surface area (Å²) < 4.78 is 5.10. The minimum absolute atomic E-state index is 0.463. The number of thiophene rings is 1. The molecule has 0 amide bonds. The van der Waals surface area contributed by atoms with E-state index in [-0.39, 0.29) is 0 Å². The molecule has 0 saturated heterocycles. The van der Waals surface area contributed by atoms with Crippen molar-refractivity contribution in [1.82, 2.24) is 4.57 Å². The van der Waals surface area contributed by atoms with E-state index in [0.717, 1.165) is 0 Å². The molecule has 7 aromatic carbocycles. The molecule has 0 radical (unpaired) electrons. The number of benzene rings is 7. The molecule has 0 aliphatic heterocycles. The average molecular weight is 634 g/mol. The van der Waals surface area contributed by atoms with Crippen molar-refractivity contribution in [3.8, 4) is 39.1 Å². The van der Waals surface area contributed by atoms with E-state index < -0.39 is 0 Å². The Bertz CT molecular complexity index is 2650. The third kappa shape index (κ3) is 4.59. The van der Waals surface area contributed by atoms with E-state index in [2.05, 4.69) is 177 Å². The largest absolute Gasteiger partial charge is 0.309 e. The molecule has 0 atom stereocenters. The quantitative estimate of drug-likeness (QED) is 0.178. The van der Waals surface area contributed by atoms with Gasteiger partial charge in [0.25, 0.3) is 0 Å². The highest BCUT2D eigenvalue weighted by atomic mass is 32.1. The van der Waals surface area contributed by atoms with E-state index in [1.54, 1.807) is 0 Å². The molecule has 9 aromatic rings. The number of hydrogen-bond donors (Lipinski definition) is 0. The first-order valence-corrected chi connectivity index (χ1v) is 17.6. The third-order valence-electron chi connectivity index (χ3n) is 9.96. The summed E-state index contributed by atoms with van der Waals surface area (Å²) >= 11 is 1.89. The fourth-order valence-electron chi connectivity index (χ4n) is 7.53. The van der Waals surface area contributed by atoms with Gasteiger partial charge in [0.2, 0.25) is 0 Å². The predicted octanol–water partition coefficient (Wildman–Crippen LogP) is 13.6. The van der Waals surface area contributed by atoms with Crippen molar-refractivity contribution < 1.29 is 0 Å². The molecule has 0 fully saturated rings. The first kappa shape index (κ1) is 28.8. The van der Waals surface area contributed by atoms with E-state index in [4.69, 9.17) is 0 Å². The normalized spacial score (nSPS) is 11.8. The van der Waals surface area contributed by atoms with Gasteiger partial charge >= 0.3 is 0 Å². The zero-order chi connectivity index (χ0) is 32.4. The number of aryl methyl sites for hydroxylation is 1. The Morgan fingerprint density at radius 1 is 0.479 bits per heavy atom. The highest BCUT2D eigenvalue weighted by molar-refractivity contribution is 7.26. The van der Waals surface area contributed by atoms with Crippen molar-refractivity contribution in [3.63, 3.8) is 0 Å². The minimum Gasteiger partial charge on any atom is -0.309 e. The van der Waals surface area contributed by atoms with E-state index in [0.29, 0.717) is 5.92 Å². The smallest absolute Gasteiger partial charge is 0.0541 e. The van der Waals surface area contributed by atoms with Gasteiger partial charge in [-0.05, 0) is 99.8 Å². The Morgan fingerprint density at radius 3 is 1.98 bits per heavy atom. The van der Waals surface area contributed by atoms with E-state index in [9.17, 15) is 0 Å². The SMILES string of the molecule is Cc1ccc(-c2ccc3c(c2)c2ccccc2n3-c2ccc(-c3cccc4c3sc3ccccc34)cc2)cc1-c1ccccc1C(C)C.